The Morgan fingerprint density at radius 2 is 2.00 bits per heavy atom. The van der Waals surface area contributed by atoms with E-state index >= 15 is 0 Å². The fourth-order valence-corrected chi connectivity index (χ4v) is 3.95. The molecule has 1 aliphatic heterocycles. The van der Waals surface area contributed by atoms with Gasteiger partial charge in [0.25, 0.3) is 0 Å². The Bertz CT molecular complexity index is 901. The smallest absolute Gasteiger partial charge is 0.221 e. The second-order valence-corrected chi connectivity index (χ2v) is 7.99. The topological polar surface area (TPSA) is 82.8 Å². The second-order valence-electron chi connectivity index (χ2n) is 7.99. The summed E-state index contributed by atoms with van der Waals surface area (Å²) in [6.07, 6.45) is 2.48. The van der Waals surface area contributed by atoms with Crippen LogP contribution in [0.1, 0.15) is 29.5 Å². The Morgan fingerprint density at radius 3 is 2.77 bits per heavy atom. The monoisotopic (exact) mass is 425 g/mol. The van der Waals surface area contributed by atoms with E-state index in [9.17, 15) is 9.18 Å². The predicted octanol–water partition coefficient (Wildman–Crippen LogP) is 2.43. The summed E-state index contributed by atoms with van der Waals surface area (Å²) in [7, 11) is 1.72. The van der Waals surface area contributed by atoms with E-state index in [-0.39, 0.29) is 17.6 Å². The summed E-state index contributed by atoms with van der Waals surface area (Å²) in [5.41, 5.74) is 8.55. The van der Waals surface area contributed by atoms with Crippen molar-refractivity contribution in [3.63, 3.8) is 0 Å². The van der Waals surface area contributed by atoms with Crippen molar-refractivity contribution in [1.82, 2.24) is 15.5 Å². The lowest BCUT2D eigenvalue weighted by atomic mass is 9.97. The first-order valence-corrected chi connectivity index (χ1v) is 10.8. The average molecular weight is 426 g/mol. The number of benzene rings is 2. The standard InChI is InChI=1S/C24H32FN5O/c1-27-24(28-12-11-20-8-2-3-10-22(20)25)29-15-18-6-4-7-19(14-18)16-30-13-5-9-21(17-30)23(26)31/h2-4,6-8,10,14,21H,5,9,11-13,15-17H2,1H3,(H2,26,31)(H2,27,28,29). The van der Waals surface area contributed by atoms with Crippen molar-refractivity contribution < 1.29 is 9.18 Å². The molecule has 6 nitrogen and oxygen atoms in total. The van der Waals surface area contributed by atoms with Gasteiger partial charge < -0.3 is 16.4 Å². The summed E-state index contributed by atoms with van der Waals surface area (Å²) in [4.78, 5) is 18.1. The van der Waals surface area contributed by atoms with Gasteiger partial charge >= 0.3 is 0 Å². The van der Waals surface area contributed by atoms with E-state index in [4.69, 9.17) is 5.73 Å². The van der Waals surface area contributed by atoms with Crippen LogP contribution in [0.25, 0.3) is 0 Å². The van der Waals surface area contributed by atoms with Crippen molar-refractivity contribution in [2.75, 3.05) is 26.7 Å². The van der Waals surface area contributed by atoms with E-state index in [1.807, 2.05) is 6.07 Å². The molecular weight excluding hydrogens is 393 g/mol. The number of likely N-dealkylation sites (tertiary alicyclic amines) is 1. The van der Waals surface area contributed by atoms with Crippen LogP contribution < -0.4 is 16.4 Å². The highest BCUT2D eigenvalue weighted by atomic mass is 19.1. The van der Waals surface area contributed by atoms with E-state index in [1.54, 1.807) is 19.2 Å². The summed E-state index contributed by atoms with van der Waals surface area (Å²) in [6.45, 7) is 3.77. The van der Waals surface area contributed by atoms with Crippen molar-refractivity contribution >= 4 is 11.9 Å². The lowest BCUT2D eigenvalue weighted by molar-refractivity contribution is -0.123. The molecule has 3 rings (SSSR count). The lowest BCUT2D eigenvalue weighted by Gasteiger charge is -2.31. The minimum atomic E-state index is -0.198. The molecule has 7 heteroatoms. The number of hydrogen-bond acceptors (Lipinski definition) is 3. The number of halogens is 1. The number of aliphatic imine (C=N–C) groups is 1. The molecule has 1 saturated heterocycles. The number of rotatable bonds is 8. The van der Waals surface area contributed by atoms with Crippen LogP contribution in [0, 0.1) is 11.7 Å². The van der Waals surface area contributed by atoms with Crippen LogP contribution >= 0.6 is 0 Å². The summed E-state index contributed by atoms with van der Waals surface area (Å²) >= 11 is 0. The van der Waals surface area contributed by atoms with Gasteiger partial charge in [0, 0.05) is 33.2 Å². The van der Waals surface area contributed by atoms with Crippen molar-refractivity contribution in [2.45, 2.75) is 32.4 Å². The minimum Gasteiger partial charge on any atom is -0.369 e. The van der Waals surface area contributed by atoms with Crippen LogP contribution in [0.2, 0.25) is 0 Å². The third kappa shape index (κ3) is 7.07. The van der Waals surface area contributed by atoms with Crippen LogP contribution in [0.4, 0.5) is 4.39 Å². The Morgan fingerprint density at radius 1 is 1.19 bits per heavy atom. The molecule has 4 N–H and O–H groups in total. The van der Waals surface area contributed by atoms with Crippen molar-refractivity contribution in [2.24, 2.45) is 16.6 Å². The summed E-state index contributed by atoms with van der Waals surface area (Å²) in [6, 6.07) is 15.2. The molecule has 1 amide bonds. The van der Waals surface area contributed by atoms with E-state index in [2.05, 4.69) is 44.8 Å². The van der Waals surface area contributed by atoms with Gasteiger partial charge in [-0.1, -0.05) is 42.5 Å². The van der Waals surface area contributed by atoms with Crippen LogP contribution in [0.3, 0.4) is 0 Å². The summed E-state index contributed by atoms with van der Waals surface area (Å²) < 4.78 is 13.7. The number of piperidine rings is 1. The number of amides is 1. The van der Waals surface area contributed by atoms with Crippen LogP contribution in [-0.2, 0) is 24.3 Å². The molecule has 1 heterocycles. The highest BCUT2D eigenvalue weighted by Crippen LogP contribution is 2.18. The molecule has 0 saturated carbocycles. The Labute approximate surface area is 183 Å². The average Bonchev–Trinajstić information content (AvgIpc) is 2.77. The van der Waals surface area contributed by atoms with Gasteiger partial charge in [-0.05, 0) is 48.6 Å². The molecule has 2 aromatic carbocycles. The fraction of sp³-hybridized carbons (Fsp3) is 0.417. The van der Waals surface area contributed by atoms with E-state index < -0.39 is 0 Å². The van der Waals surface area contributed by atoms with Gasteiger partial charge in [-0.3, -0.25) is 14.7 Å². The highest BCUT2D eigenvalue weighted by molar-refractivity contribution is 5.79. The maximum Gasteiger partial charge on any atom is 0.221 e. The third-order valence-corrected chi connectivity index (χ3v) is 5.63. The van der Waals surface area contributed by atoms with Gasteiger partial charge in [0.05, 0.1) is 5.92 Å². The zero-order chi connectivity index (χ0) is 22.1. The number of nitrogens with two attached hydrogens (primary N) is 1. The summed E-state index contributed by atoms with van der Waals surface area (Å²) in [5, 5.41) is 6.54. The van der Waals surface area contributed by atoms with E-state index in [1.165, 1.54) is 11.6 Å². The number of carbonyl (C=O) groups excluding carboxylic acids is 1. The largest absolute Gasteiger partial charge is 0.369 e. The maximum absolute atomic E-state index is 13.7. The molecule has 0 aromatic heterocycles. The van der Waals surface area contributed by atoms with Gasteiger partial charge in [0.15, 0.2) is 5.96 Å². The first-order chi connectivity index (χ1) is 15.0. The summed E-state index contributed by atoms with van der Waals surface area (Å²) in [5.74, 6) is 0.260. The highest BCUT2D eigenvalue weighted by Gasteiger charge is 2.23. The number of primary amides is 1. The van der Waals surface area contributed by atoms with Crippen molar-refractivity contribution in [3.05, 3.63) is 71.0 Å². The molecule has 166 valence electrons. The number of nitrogens with zero attached hydrogens (tertiary/aromatic N) is 2. The molecule has 0 bridgehead atoms. The molecule has 1 atom stereocenters. The number of guanidine groups is 1. The van der Waals surface area contributed by atoms with Gasteiger partial charge in [0.1, 0.15) is 5.82 Å². The Hall–Kier alpha value is -2.93. The molecule has 0 radical (unpaired) electrons. The molecule has 2 aromatic rings. The van der Waals surface area contributed by atoms with Gasteiger partial charge in [0.2, 0.25) is 5.91 Å². The van der Waals surface area contributed by atoms with Gasteiger partial charge in [-0.2, -0.15) is 0 Å². The van der Waals surface area contributed by atoms with E-state index in [0.717, 1.165) is 38.0 Å². The van der Waals surface area contributed by atoms with Gasteiger partial charge in [-0.15, -0.1) is 0 Å². The van der Waals surface area contributed by atoms with Crippen LogP contribution in [0.5, 0.6) is 0 Å². The molecular formula is C24H32FN5O. The maximum atomic E-state index is 13.7. The molecule has 0 spiro atoms. The third-order valence-electron chi connectivity index (χ3n) is 5.63. The first-order valence-electron chi connectivity index (χ1n) is 10.8. The molecule has 1 fully saturated rings. The zero-order valence-electron chi connectivity index (χ0n) is 18.1. The Balaban J connectivity index is 1.47. The number of carbonyl (C=O) groups is 1. The molecule has 1 aliphatic rings. The molecule has 1 unspecified atom stereocenters. The van der Waals surface area contributed by atoms with E-state index in [0.29, 0.717) is 31.0 Å². The fourth-order valence-electron chi connectivity index (χ4n) is 3.95. The molecule has 31 heavy (non-hydrogen) atoms. The number of nitrogens with one attached hydrogen (secondary N) is 2. The number of hydrogen-bond donors (Lipinski definition) is 3. The van der Waals surface area contributed by atoms with Gasteiger partial charge in [-0.25, -0.2) is 4.39 Å². The first kappa shape index (κ1) is 22.7. The zero-order valence-corrected chi connectivity index (χ0v) is 18.1. The molecule has 0 aliphatic carbocycles. The quantitative estimate of drug-likeness (QED) is 0.448. The predicted molar refractivity (Wildman–Crippen MR) is 122 cm³/mol. The SMILES string of the molecule is CN=C(NCCc1ccccc1F)NCc1cccc(CN2CCCC(C(N)=O)C2)c1. The van der Waals surface area contributed by atoms with Crippen LogP contribution in [0.15, 0.2) is 53.5 Å². The van der Waals surface area contributed by atoms with Crippen molar-refractivity contribution in [3.8, 4) is 0 Å². The van der Waals surface area contributed by atoms with Crippen LogP contribution in [-0.4, -0.2) is 43.4 Å². The normalized spacial score (nSPS) is 17.4. The lowest BCUT2D eigenvalue weighted by Crippen LogP contribution is -2.40. The second kappa shape index (κ2) is 11.5. The Kier molecular flexibility index (Phi) is 8.41. The minimum absolute atomic E-state index is 0.0441. The van der Waals surface area contributed by atoms with Crippen molar-refractivity contribution in [1.29, 1.82) is 0 Å².